The van der Waals surface area contributed by atoms with Crippen LogP contribution in [0.1, 0.15) is 19.3 Å². The van der Waals surface area contributed by atoms with Crippen LogP contribution >= 0.6 is 0 Å². The van der Waals surface area contributed by atoms with E-state index in [1.807, 2.05) is 0 Å². The van der Waals surface area contributed by atoms with E-state index in [-0.39, 0.29) is 12.1 Å². The summed E-state index contributed by atoms with van der Waals surface area (Å²) >= 11 is 0. The number of fused-ring (bicyclic) bond motifs is 1. The van der Waals surface area contributed by atoms with Gasteiger partial charge in [0.1, 0.15) is 6.10 Å². The summed E-state index contributed by atoms with van der Waals surface area (Å²) in [5, 5.41) is 0. The van der Waals surface area contributed by atoms with Gasteiger partial charge in [0.25, 0.3) is 0 Å². The summed E-state index contributed by atoms with van der Waals surface area (Å²) in [5.41, 5.74) is 0. The maximum absolute atomic E-state index is 10.8. The summed E-state index contributed by atoms with van der Waals surface area (Å²) in [7, 11) is 0. The van der Waals surface area contributed by atoms with E-state index >= 15 is 0 Å². The molecule has 2 bridgehead atoms. The van der Waals surface area contributed by atoms with Crippen molar-refractivity contribution in [1.82, 2.24) is 0 Å². The third kappa shape index (κ3) is 0.971. The summed E-state index contributed by atoms with van der Waals surface area (Å²) in [6.45, 7) is 3.37. The van der Waals surface area contributed by atoms with Crippen LogP contribution in [-0.2, 0) is 9.53 Å². The average molecular weight is 152 g/mol. The van der Waals surface area contributed by atoms with Crippen LogP contribution in [0, 0.1) is 11.8 Å². The minimum Gasteiger partial charge on any atom is -0.459 e. The number of hydrogen-bond acceptors (Lipinski definition) is 2. The molecule has 3 aliphatic carbocycles. The van der Waals surface area contributed by atoms with Crippen LogP contribution < -0.4 is 0 Å². The topological polar surface area (TPSA) is 26.3 Å². The van der Waals surface area contributed by atoms with Crippen LogP contribution in [0.15, 0.2) is 12.7 Å². The van der Waals surface area contributed by atoms with Gasteiger partial charge in [0, 0.05) is 6.08 Å². The first-order chi connectivity index (χ1) is 5.31. The minimum atomic E-state index is -0.258. The van der Waals surface area contributed by atoms with Crippen LogP contribution in [0.5, 0.6) is 0 Å². The molecule has 0 aromatic carbocycles. The van der Waals surface area contributed by atoms with E-state index < -0.39 is 0 Å². The molecular formula is C9H12O2. The standard InChI is InChI=1S/C9H12O2/c1-2-8(10)11-9-6-3-4-7(9)5-6/h2,6-7,9H,1,3-5H2. The smallest absolute Gasteiger partial charge is 0.330 e. The van der Waals surface area contributed by atoms with Crippen LogP contribution in [-0.4, -0.2) is 12.1 Å². The van der Waals surface area contributed by atoms with E-state index in [2.05, 4.69) is 6.58 Å². The molecule has 0 spiro atoms. The lowest BCUT2D eigenvalue weighted by Crippen LogP contribution is -2.37. The van der Waals surface area contributed by atoms with Crippen LogP contribution in [0.25, 0.3) is 0 Å². The molecular weight excluding hydrogens is 140 g/mol. The number of carbonyl (C=O) groups excluding carboxylic acids is 1. The summed E-state index contributed by atoms with van der Waals surface area (Å²) in [6, 6.07) is 0. The van der Waals surface area contributed by atoms with E-state index in [1.54, 1.807) is 0 Å². The lowest BCUT2D eigenvalue weighted by atomic mass is 9.81. The highest BCUT2D eigenvalue weighted by atomic mass is 16.5. The van der Waals surface area contributed by atoms with Gasteiger partial charge in [0.15, 0.2) is 0 Å². The normalized spacial score (nSPS) is 39.5. The van der Waals surface area contributed by atoms with Crippen molar-refractivity contribution in [1.29, 1.82) is 0 Å². The second kappa shape index (κ2) is 2.36. The maximum Gasteiger partial charge on any atom is 0.330 e. The molecule has 0 aromatic rings. The Hall–Kier alpha value is -0.790. The Balaban J connectivity index is 1.89. The zero-order chi connectivity index (χ0) is 7.84. The largest absolute Gasteiger partial charge is 0.459 e. The zero-order valence-corrected chi connectivity index (χ0v) is 6.45. The molecule has 2 heteroatoms. The summed E-state index contributed by atoms with van der Waals surface area (Å²) in [4.78, 5) is 10.8. The predicted molar refractivity (Wildman–Crippen MR) is 40.9 cm³/mol. The molecule has 2 unspecified atom stereocenters. The van der Waals surface area contributed by atoms with Crippen molar-refractivity contribution in [3.8, 4) is 0 Å². The van der Waals surface area contributed by atoms with Crippen molar-refractivity contribution in [2.24, 2.45) is 11.8 Å². The zero-order valence-electron chi connectivity index (χ0n) is 6.45. The number of hydrogen-bond donors (Lipinski definition) is 0. The first kappa shape index (κ1) is 6.89. The number of rotatable bonds is 2. The fourth-order valence-corrected chi connectivity index (χ4v) is 2.21. The van der Waals surface area contributed by atoms with Crippen molar-refractivity contribution < 1.29 is 9.53 Å². The van der Waals surface area contributed by atoms with Gasteiger partial charge in [0.05, 0.1) is 0 Å². The maximum atomic E-state index is 10.8. The van der Waals surface area contributed by atoms with Crippen LogP contribution in [0.4, 0.5) is 0 Å². The van der Waals surface area contributed by atoms with E-state index in [9.17, 15) is 4.79 Å². The molecule has 3 rings (SSSR count). The fourth-order valence-electron chi connectivity index (χ4n) is 2.21. The quantitative estimate of drug-likeness (QED) is 0.443. The predicted octanol–water partition coefficient (Wildman–Crippen LogP) is 1.51. The third-order valence-electron chi connectivity index (χ3n) is 2.86. The molecule has 3 fully saturated rings. The molecule has 0 amide bonds. The van der Waals surface area contributed by atoms with Crippen molar-refractivity contribution in [3.05, 3.63) is 12.7 Å². The van der Waals surface area contributed by atoms with Gasteiger partial charge in [-0.15, -0.1) is 0 Å². The molecule has 2 nitrogen and oxygen atoms in total. The van der Waals surface area contributed by atoms with Gasteiger partial charge in [-0.1, -0.05) is 6.58 Å². The molecule has 11 heavy (non-hydrogen) atoms. The molecule has 0 radical (unpaired) electrons. The van der Waals surface area contributed by atoms with Crippen LogP contribution in [0.2, 0.25) is 0 Å². The minimum absolute atomic E-state index is 0.237. The molecule has 0 aromatic heterocycles. The summed E-state index contributed by atoms with van der Waals surface area (Å²) in [5.74, 6) is 1.08. The van der Waals surface area contributed by atoms with Gasteiger partial charge in [-0.2, -0.15) is 0 Å². The Labute approximate surface area is 66.2 Å². The van der Waals surface area contributed by atoms with Crippen molar-refractivity contribution >= 4 is 5.97 Å². The van der Waals surface area contributed by atoms with Crippen molar-refractivity contribution in [3.63, 3.8) is 0 Å². The Kier molecular flexibility index (Phi) is 1.48. The first-order valence-corrected chi connectivity index (χ1v) is 4.14. The van der Waals surface area contributed by atoms with E-state index in [0.717, 1.165) is 0 Å². The molecule has 60 valence electrons. The molecule has 0 saturated heterocycles. The Bertz CT molecular complexity index is 184. The first-order valence-electron chi connectivity index (χ1n) is 4.14. The number of carbonyl (C=O) groups is 1. The van der Waals surface area contributed by atoms with Crippen molar-refractivity contribution in [2.75, 3.05) is 0 Å². The van der Waals surface area contributed by atoms with Gasteiger partial charge in [-0.05, 0) is 31.1 Å². The highest BCUT2D eigenvalue weighted by Gasteiger charge is 2.48. The monoisotopic (exact) mass is 152 g/mol. The lowest BCUT2D eigenvalue weighted by Gasteiger charge is -2.34. The van der Waals surface area contributed by atoms with Crippen LogP contribution in [0.3, 0.4) is 0 Å². The van der Waals surface area contributed by atoms with Gasteiger partial charge in [0.2, 0.25) is 0 Å². The molecule has 0 heterocycles. The highest BCUT2D eigenvalue weighted by Crippen LogP contribution is 2.50. The van der Waals surface area contributed by atoms with Crippen molar-refractivity contribution in [2.45, 2.75) is 25.4 Å². The van der Waals surface area contributed by atoms with E-state index in [4.69, 9.17) is 4.74 Å². The molecule has 0 N–H and O–H groups in total. The second-order valence-electron chi connectivity index (χ2n) is 3.44. The van der Waals surface area contributed by atoms with Gasteiger partial charge in [-0.25, -0.2) is 4.79 Å². The van der Waals surface area contributed by atoms with Gasteiger partial charge >= 0.3 is 5.97 Å². The third-order valence-corrected chi connectivity index (χ3v) is 2.86. The number of esters is 1. The molecule has 0 aliphatic heterocycles. The SMILES string of the molecule is C=CC(=O)OC1C2CCC1C2. The number of ether oxygens (including phenoxy) is 1. The van der Waals surface area contributed by atoms with Gasteiger partial charge < -0.3 is 4.74 Å². The Morgan fingerprint density at radius 1 is 1.45 bits per heavy atom. The average Bonchev–Trinajstić information content (AvgIpc) is 2.59. The van der Waals surface area contributed by atoms with E-state index in [1.165, 1.54) is 25.3 Å². The fraction of sp³-hybridized carbons (Fsp3) is 0.667. The Morgan fingerprint density at radius 3 is 2.55 bits per heavy atom. The second-order valence-corrected chi connectivity index (χ2v) is 3.44. The van der Waals surface area contributed by atoms with E-state index in [0.29, 0.717) is 11.8 Å². The summed E-state index contributed by atoms with van der Waals surface area (Å²) < 4.78 is 5.17. The molecule has 3 aliphatic rings. The highest BCUT2D eigenvalue weighted by molar-refractivity contribution is 5.81. The van der Waals surface area contributed by atoms with Gasteiger partial charge in [-0.3, -0.25) is 0 Å². The lowest BCUT2D eigenvalue weighted by molar-refractivity contribution is -0.153. The summed E-state index contributed by atoms with van der Waals surface area (Å²) in [6.07, 6.45) is 5.26. The molecule has 2 atom stereocenters. The Morgan fingerprint density at radius 2 is 2.09 bits per heavy atom. The molecule has 3 saturated carbocycles.